The van der Waals surface area contributed by atoms with Gasteiger partial charge in [0.15, 0.2) is 0 Å². The van der Waals surface area contributed by atoms with Crippen LogP contribution in [-0.4, -0.2) is 30.6 Å². The molecule has 1 aromatic heterocycles. The van der Waals surface area contributed by atoms with E-state index < -0.39 is 9.84 Å². The molecule has 8 heteroatoms. The van der Waals surface area contributed by atoms with E-state index in [0.717, 1.165) is 0 Å². The summed E-state index contributed by atoms with van der Waals surface area (Å²) in [5.74, 6) is 5.76. The molecule has 6 N–H and O–H groups in total. The maximum absolute atomic E-state index is 11.0. The van der Waals surface area contributed by atoms with Crippen LogP contribution in [0.4, 0.5) is 5.82 Å². The number of nitrogens with one attached hydrogen (secondary N) is 2. The fraction of sp³-hybridized carbons (Fsp3) is 0.571. The number of aromatic amines is 1. The zero-order chi connectivity index (χ0) is 11.5. The molecule has 1 heterocycles. The van der Waals surface area contributed by atoms with Crippen LogP contribution in [0.2, 0.25) is 0 Å². The van der Waals surface area contributed by atoms with Gasteiger partial charge in [0.1, 0.15) is 15.7 Å². The minimum absolute atomic E-state index is 0.0481. The number of hydrazine groups is 1. The first kappa shape index (κ1) is 12.0. The summed E-state index contributed by atoms with van der Waals surface area (Å²) < 4.78 is 22.0. The third-order valence-corrected chi connectivity index (χ3v) is 3.03. The normalized spacial score (nSPS) is 14.0. The van der Waals surface area contributed by atoms with Crippen molar-refractivity contribution in [1.82, 2.24) is 15.6 Å². The monoisotopic (exact) mass is 233 g/mol. The number of nitrogens with zero attached hydrogens (tertiary/aromatic N) is 1. The van der Waals surface area contributed by atoms with Gasteiger partial charge in [0, 0.05) is 11.8 Å². The number of hydrogen-bond acceptors (Lipinski definition) is 6. The molecule has 0 bridgehead atoms. The van der Waals surface area contributed by atoms with Gasteiger partial charge in [-0.1, -0.05) is 0 Å². The van der Waals surface area contributed by atoms with Crippen LogP contribution in [0, 0.1) is 0 Å². The second-order valence-corrected chi connectivity index (χ2v) is 5.64. The fourth-order valence-electron chi connectivity index (χ4n) is 1.24. The lowest BCUT2D eigenvalue weighted by Gasteiger charge is -2.13. The second kappa shape index (κ2) is 4.60. The maximum atomic E-state index is 11.0. The van der Waals surface area contributed by atoms with E-state index in [2.05, 4.69) is 15.6 Å². The minimum atomic E-state index is -3.00. The second-order valence-electron chi connectivity index (χ2n) is 3.38. The van der Waals surface area contributed by atoms with Crippen LogP contribution in [0.15, 0.2) is 6.20 Å². The van der Waals surface area contributed by atoms with Crippen molar-refractivity contribution >= 4 is 15.7 Å². The molecule has 0 saturated carbocycles. The van der Waals surface area contributed by atoms with Gasteiger partial charge in [-0.25, -0.2) is 8.42 Å². The molecule has 0 fully saturated rings. The lowest BCUT2D eigenvalue weighted by atomic mass is 10.1. The zero-order valence-electron chi connectivity index (χ0n) is 8.40. The molecule has 0 aliphatic rings. The van der Waals surface area contributed by atoms with Crippen molar-refractivity contribution in [3.8, 4) is 0 Å². The average molecular weight is 233 g/mol. The van der Waals surface area contributed by atoms with Crippen LogP contribution >= 0.6 is 0 Å². The molecule has 0 aromatic carbocycles. The lowest BCUT2D eigenvalue weighted by molar-refractivity contribution is 0.532. The first-order valence-electron chi connectivity index (χ1n) is 4.36. The van der Waals surface area contributed by atoms with Crippen molar-refractivity contribution < 1.29 is 8.42 Å². The van der Waals surface area contributed by atoms with E-state index in [1.54, 1.807) is 0 Å². The number of sulfone groups is 1. The van der Waals surface area contributed by atoms with E-state index in [4.69, 9.17) is 11.6 Å². The molecule has 1 atom stereocenters. The standard InChI is InChI=1S/C7H15N5O2S/c1-15(13,14)3-2-6(11-9)5-4-10-12-7(5)8/h4,6,11H,2-3,9H2,1H3,(H3,8,10,12). The summed E-state index contributed by atoms with van der Waals surface area (Å²) in [6, 6.07) is -0.307. The number of H-pyrrole nitrogens is 1. The predicted molar refractivity (Wildman–Crippen MR) is 57.4 cm³/mol. The van der Waals surface area contributed by atoms with Crippen molar-refractivity contribution in [3.05, 3.63) is 11.8 Å². The molecule has 0 saturated heterocycles. The number of hydrogen-bond donors (Lipinski definition) is 4. The van der Waals surface area contributed by atoms with E-state index in [9.17, 15) is 8.42 Å². The summed E-state index contributed by atoms with van der Waals surface area (Å²) in [4.78, 5) is 0. The summed E-state index contributed by atoms with van der Waals surface area (Å²) in [6.07, 6.45) is 3.07. The topological polar surface area (TPSA) is 127 Å². The quantitative estimate of drug-likeness (QED) is 0.379. The number of nitrogens with two attached hydrogens (primary N) is 2. The fourth-order valence-corrected chi connectivity index (χ4v) is 1.91. The third kappa shape index (κ3) is 3.50. The van der Waals surface area contributed by atoms with E-state index in [1.807, 2.05) is 0 Å². The van der Waals surface area contributed by atoms with Crippen LogP contribution in [0.25, 0.3) is 0 Å². The van der Waals surface area contributed by atoms with Crippen molar-refractivity contribution in [2.75, 3.05) is 17.7 Å². The van der Waals surface area contributed by atoms with E-state index in [0.29, 0.717) is 17.8 Å². The molecule has 1 aromatic rings. The molecule has 15 heavy (non-hydrogen) atoms. The Balaban J connectivity index is 2.70. The Labute approximate surface area is 88.1 Å². The smallest absolute Gasteiger partial charge is 0.147 e. The lowest BCUT2D eigenvalue weighted by Crippen LogP contribution is -2.29. The summed E-state index contributed by atoms with van der Waals surface area (Å²) in [7, 11) is -3.00. The average Bonchev–Trinajstić information content (AvgIpc) is 2.52. The van der Waals surface area contributed by atoms with Gasteiger partial charge in [0.2, 0.25) is 0 Å². The molecule has 0 aliphatic carbocycles. The highest BCUT2D eigenvalue weighted by Crippen LogP contribution is 2.20. The highest BCUT2D eigenvalue weighted by Gasteiger charge is 2.16. The van der Waals surface area contributed by atoms with Crippen molar-refractivity contribution in [1.29, 1.82) is 0 Å². The summed E-state index contributed by atoms with van der Waals surface area (Å²) >= 11 is 0. The zero-order valence-corrected chi connectivity index (χ0v) is 9.21. The Hall–Kier alpha value is -1.12. The number of rotatable bonds is 5. The molecular formula is C7H15N5O2S. The largest absolute Gasteiger partial charge is 0.384 e. The molecular weight excluding hydrogens is 218 g/mol. The molecule has 0 aliphatic heterocycles. The Morgan fingerprint density at radius 3 is 2.73 bits per heavy atom. The van der Waals surface area contributed by atoms with Crippen LogP contribution in [0.1, 0.15) is 18.0 Å². The minimum Gasteiger partial charge on any atom is -0.384 e. The van der Waals surface area contributed by atoms with E-state index >= 15 is 0 Å². The van der Waals surface area contributed by atoms with E-state index in [1.165, 1.54) is 12.5 Å². The Bertz CT molecular complexity index is 413. The van der Waals surface area contributed by atoms with Gasteiger partial charge in [-0.05, 0) is 6.42 Å². The number of nitrogen functional groups attached to an aromatic ring is 1. The van der Waals surface area contributed by atoms with Crippen LogP contribution < -0.4 is 17.0 Å². The van der Waals surface area contributed by atoms with Crippen molar-refractivity contribution in [3.63, 3.8) is 0 Å². The van der Waals surface area contributed by atoms with Gasteiger partial charge in [0.25, 0.3) is 0 Å². The highest BCUT2D eigenvalue weighted by molar-refractivity contribution is 7.90. The molecule has 0 radical (unpaired) electrons. The van der Waals surface area contributed by atoms with Gasteiger partial charge in [0.05, 0.1) is 18.0 Å². The molecule has 86 valence electrons. The maximum Gasteiger partial charge on any atom is 0.147 e. The molecule has 0 spiro atoms. The van der Waals surface area contributed by atoms with Gasteiger partial charge in [-0.2, -0.15) is 5.10 Å². The van der Waals surface area contributed by atoms with Crippen LogP contribution in [0.3, 0.4) is 0 Å². The third-order valence-electron chi connectivity index (χ3n) is 2.05. The molecule has 1 rings (SSSR count). The highest BCUT2D eigenvalue weighted by atomic mass is 32.2. The van der Waals surface area contributed by atoms with Gasteiger partial charge in [-0.3, -0.25) is 16.4 Å². The Morgan fingerprint density at radius 2 is 2.33 bits per heavy atom. The van der Waals surface area contributed by atoms with Gasteiger partial charge >= 0.3 is 0 Å². The molecule has 1 unspecified atom stereocenters. The summed E-state index contributed by atoms with van der Waals surface area (Å²) in [5, 5.41) is 6.30. The Morgan fingerprint density at radius 1 is 1.67 bits per heavy atom. The van der Waals surface area contributed by atoms with Crippen molar-refractivity contribution in [2.24, 2.45) is 5.84 Å². The molecule has 7 nitrogen and oxygen atoms in total. The summed E-state index contributed by atoms with van der Waals surface area (Å²) in [6.45, 7) is 0. The molecule has 0 amide bonds. The predicted octanol–water partition coefficient (Wildman–Crippen LogP) is -1.07. The van der Waals surface area contributed by atoms with Crippen molar-refractivity contribution in [2.45, 2.75) is 12.5 Å². The first-order valence-corrected chi connectivity index (χ1v) is 6.42. The summed E-state index contributed by atoms with van der Waals surface area (Å²) in [5.41, 5.74) is 8.79. The first-order chi connectivity index (χ1) is 6.94. The SMILES string of the molecule is CS(=O)(=O)CCC(NN)c1cn[nH]c1N. The number of anilines is 1. The number of aromatic nitrogens is 2. The van der Waals surface area contributed by atoms with Crippen LogP contribution in [-0.2, 0) is 9.84 Å². The van der Waals surface area contributed by atoms with E-state index in [-0.39, 0.29) is 11.8 Å². The Kier molecular flexibility index (Phi) is 3.66. The van der Waals surface area contributed by atoms with Crippen LogP contribution in [0.5, 0.6) is 0 Å². The van der Waals surface area contributed by atoms with Gasteiger partial charge < -0.3 is 5.73 Å². The van der Waals surface area contributed by atoms with Gasteiger partial charge in [-0.15, -0.1) is 0 Å².